The van der Waals surface area contributed by atoms with Gasteiger partial charge in [-0.2, -0.15) is 0 Å². The number of ether oxygens (including phenoxy) is 4. The summed E-state index contributed by atoms with van der Waals surface area (Å²) in [7, 11) is 6.57. The van der Waals surface area contributed by atoms with E-state index in [4.69, 9.17) is 18.9 Å². The minimum absolute atomic E-state index is 0.0334. The highest BCUT2D eigenvalue weighted by Crippen LogP contribution is 2.27. The summed E-state index contributed by atoms with van der Waals surface area (Å²) >= 11 is 0. The zero-order valence-corrected chi connectivity index (χ0v) is 22.7. The number of likely N-dealkylation sites (N-methyl/N-ethyl adjacent to an activating group) is 1. The fraction of sp³-hybridized carbons (Fsp3) is 0.500. The fourth-order valence-corrected chi connectivity index (χ4v) is 4.53. The van der Waals surface area contributed by atoms with Gasteiger partial charge in [0.15, 0.2) is 0 Å². The van der Waals surface area contributed by atoms with Crippen LogP contribution >= 0.6 is 0 Å². The second-order valence-electron chi connectivity index (χ2n) is 9.53. The number of para-hydroxylation sites is 1. The Balaban J connectivity index is 1.94. The van der Waals surface area contributed by atoms with Crippen LogP contribution in [0.25, 0.3) is 0 Å². The second kappa shape index (κ2) is 13.4. The molecule has 1 N–H and O–H groups in total. The van der Waals surface area contributed by atoms with E-state index in [9.17, 15) is 9.59 Å². The number of carbonyl (C=O) groups excluding carboxylic acids is 2. The van der Waals surface area contributed by atoms with Crippen LogP contribution in [0, 0.1) is 5.92 Å². The number of carbonyl (C=O) groups is 2. The van der Waals surface area contributed by atoms with Crippen LogP contribution < -0.4 is 14.8 Å². The van der Waals surface area contributed by atoms with Gasteiger partial charge in [0.05, 0.1) is 18.8 Å². The first kappa shape index (κ1) is 28.4. The maximum atomic E-state index is 13.5. The summed E-state index contributed by atoms with van der Waals surface area (Å²) in [6, 6.07) is 13.1. The molecule has 0 fully saturated rings. The minimum Gasteiger partial charge on any atom is -0.496 e. The van der Waals surface area contributed by atoms with Crippen LogP contribution in [0.4, 0.5) is 5.69 Å². The smallest absolute Gasteiger partial charge is 0.257 e. The van der Waals surface area contributed by atoms with Crippen molar-refractivity contribution in [2.75, 3.05) is 60.0 Å². The highest BCUT2D eigenvalue weighted by Gasteiger charge is 2.29. The van der Waals surface area contributed by atoms with Crippen molar-refractivity contribution in [1.82, 2.24) is 9.80 Å². The normalized spacial score (nSPS) is 21.3. The van der Waals surface area contributed by atoms with Crippen molar-refractivity contribution in [2.24, 2.45) is 5.92 Å². The molecule has 1 aliphatic heterocycles. The van der Waals surface area contributed by atoms with E-state index in [0.717, 1.165) is 17.9 Å². The zero-order chi connectivity index (χ0) is 26.9. The van der Waals surface area contributed by atoms with E-state index in [1.54, 1.807) is 44.4 Å². The number of amides is 2. The summed E-state index contributed by atoms with van der Waals surface area (Å²) in [4.78, 5) is 29.5. The van der Waals surface area contributed by atoms with E-state index >= 15 is 0 Å². The van der Waals surface area contributed by atoms with Gasteiger partial charge in [0.2, 0.25) is 5.91 Å². The van der Waals surface area contributed by atoms with Gasteiger partial charge in [-0.25, -0.2) is 0 Å². The number of hydrogen-bond acceptors (Lipinski definition) is 7. The second-order valence-corrected chi connectivity index (χ2v) is 9.53. The summed E-state index contributed by atoms with van der Waals surface area (Å²) in [5.41, 5.74) is 1.97. The maximum Gasteiger partial charge on any atom is 0.257 e. The quantitative estimate of drug-likeness (QED) is 0.608. The first-order valence-corrected chi connectivity index (χ1v) is 12.5. The lowest BCUT2D eigenvalue weighted by Crippen LogP contribution is -2.46. The Kier molecular flexibility index (Phi) is 10.3. The Morgan fingerprint density at radius 2 is 1.86 bits per heavy atom. The fourth-order valence-electron chi connectivity index (χ4n) is 4.53. The van der Waals surface area contributed by atoms with E-state index in [2.05, 4.69) is 30.1 Å². The van der Waals surface area contributed by atoms with Gasteiger partial charge in [-0.15, -0.1) is 0 Å². The van der Waals surface area contributed by atoms with E-state index in [-0.39, 0.29) is 36.5 Å². The molecular weight excluding hydrogens is 474 g/mol. The molecule has 0 unspecified atom stereocenters. The van der Waals surface area contributed by atoms with Gasteiger partial charge < -0.3 is 29.2 Å². The molecular formula is C28H39N3O6. The zero-order valence-electron chi connectivity index (χ0n) is 22.7. The highest BCUT2D eigenvalue weighted by atomic mass is 16.5. The van der Waals surface area contributed by atoms with Crippen LogP contribution in [0.15, 0.2) is 42.5 Å². The van der Waals surface area contributed by atoms with Crippen molar-refractivity contribution in [3.8, 4) is 11.5 Å². The van der Waals surface area contributed by atoms with Crippen LogP contribution in [0.1, 0.15) is 29.8 Å². The molecule has 37 heavy (non-hydrogen) atoms. The lowest BCUT2D eigenvalue weighted by molar-refractivity contribution is -0.119. The van der Waals surface area contributed by atoms with E-state index in [1.165, 1.54) is 7.11 Å². The standard InChI is InChI=1S/C28H39N3O6/c1-19-14-31(15-21-9-7-8-10-24(21)35-5)20(2)17-37-25-12-11-22(29-27(32)18-34-4)13-23(25)28(33)30(3)16-26(19)36-6/h7-13,19-20,26H,14-18H2,1-6H3,(H,29,32)/t19-,20-,26+/m0/s1. The number of benzene rings is 2. The molecule has 2 aromatic rings. The van der Waals surface area contributed by atoms with Gasteiger partial charge in [-0.1, -0.05) is 25.1 Å². The molecule has 9 nitrogen and oxygen atoms in total. The Morgan fingerprint density at radius 1 is 1.11 bits per heavy atom. The number of nitrogens with zero attached hydrogens (tertiary/aromatic N) is 2. The monoisotopic (exact) mass is 513 g/mol. The molecule has 0 saturated heterocycles. The van der Waals surface area contributed by atoms with Crippen molar-refractivity contribution in [2.45, 2.75) is 32.5 Å². The Bertz CT molecular complexity index is 1060. The van der Waals surface area contributed by atoms with Crippen molar-refractivity contribution in [3.63, 3.8) is 0 Å². The molecule has 0 saturated carbocycles. The molecule has 1 heterocycles. The summed E-state index contributed by atoms with van der Waals surface area (Å²) in [5, 5.41) is 2.76. The molecule has 0 aromatic heterocycles. The van der Waals surface area contributed by atoms with Crippen molar-refractivity contribution in [1.29, 1.82) is 0 Å². The number of nitrogens with one attached hydrogen (secondary N) is 1. The lowest BCUT2D eigenvalue weighted by atomic mass is 10.0. The number of anilines is 1. The number of rotatable bonds is 7. The Hall–Kier alpha value is -3.14. The third-order valence-electron chi connectivity index (χ3n) is 6.70. The largest absolute Gasteiger partial charge is 0.496 e. The first-order chi connectivity index (χ1) is 17.8. The van der Waals surface area contributed by atoms with E-state index in [0.29, 0.717) is 36.7 Å². The predicted molar refractivity (Wildman–Crippen MR) is 142 cm³/mol. The topological polar surface area (TPSA) is 89.6 Å². The van der Waals surface area contributed by atoms with Crippen LogP contribution in [0.2, 0.25) is 0 Å². The molecule has 3 rings (SSSR count). The highest BCUT2D eigenvalue weighted by molar-refractivity contribution is 5.99. The van der Waals surface area contributed by atoms with Gasteiger partial charge >= 0.3 is 0 Å². The van der Waals surface area contributed by atoms with Gasteiger partial charge in [0.25, 0.3) is 5.91 Å². The number of hydrogen-bond donors (Lipinski definition) is 1. The summed E-state index contributed by atoms with van der Waals surface area (Å²) in [6.07, 6.45) is -0.172. The van der Waals surface area contributed by atoms with E-state index in [1.807, 2.05) is 18.2 Å². The third-order valence-corrected chi connectivity index (χ3v) is 6.70. The molecule has 1 aliphatic rings. The van der Waals surface area contributed by atoms with Crippen molar-refractivity contribution < 1.29 is 28.5 Å². The molecule has 202 valence electrons. The molecule has 0 aliphatic carbocycles. The molecule has 9 heteroatoms. The SMILES string of the molecule is COCC(=O)Nc1ccc2c(c1)C(=O)N(C)C[C@@H](OC)[C@@H](C)CN(Cc1ccccc1OC)[C@@H](C)CO2. The maximum absolute atomic E-state index is 13.5. The average molecular weight is 514 g/mol. The number of methoxy groups -OCH3 is 3. The van der Waals surface area contributed by atoms with Gasteiger partial charge in [-0.3, -0.25) is 14.5 Å². The van der Waals surface area contributed by atoms with Crippen LogP contribution in [-0.2, 0) is 20.8 Å². The van der Waals surface area contributed by atoms with E-state index < -0.39 is 0 Å². The Labute approximate surface area is 219 Å². The van der Waals surface area contributed by atoms with Crippen LogP contribution in [0.5, 0.6) is 11.5 Å². The van der Waals surface area contributed by atoms with Crippen LogP contribution in [-0.4, -0.2) is 88.4 Å². The first-order valence-electron chi connectivity index (χ1n) is 12.5. The number of fused-ring (bicyclic) bond motifs is 1. The molecule has 0 bridgehead atoms. The molecule has 3 atom stereocenters. The third kappa shape index (κ3) is 7.44. The van der Waals surface area contributed by atoms with Gasteiger partial charge in [0, 0.05) is 58.2 Å². The van der Waals surface area contributed by atoms with Crippen molar-refractivity contribution >= 4 is 17.5 Å². The summed E-state index contributed by atoms with van der Waals surface area (Å²) in [6.45, 7) is 6.39. The van der Waals surface area contributed by atoms with Gasteiger partial charge in [-0.05, 0) is 37.1 Å². The predicted octanol–water partition coefficient (Wildman–Crippen LogP) is 3.29. The molecule has 2 aromatic carbocycles. The van der Waals surface area contributed by atoms with Crippen molar-refractivity contribution in [3.05, 3.63) is 53.6 Å². The van der Waals surface area contributed by atoms with Crippen LogP contribution in [0.3, 0.4) is 0 Å². The average Bonchev–Trinajstić information content (AvgIpc) is 2.89. The molecule has 0 spiro atoms. The minimum atomic E-state index is -0.300. The lowest BCUT2D eigenvalue weighted by Gasteiger charge is -2.36. The summed E-state index contributed by atoms with van der Waals surface area (Å²) < 4.78 is 22.6. The van der Waals surface area contributed by atoms with Gasteiger partial charge in [0.1, 0.15) is 24.7 Å². The summed E-state index contributed by atoms with van der Waals surface area (Å²) in [5.74, 6) is 0.943. The Morgan fingerprint density at radius 3 is 2.57 bits per heavy atom. The molecule has 0 radical (unpaired) electrons. The molecule has 2 amide bonds.